The van der Waals surface area contributed by atoms with Gasteiger partial charge in [-0.3, -0.25) is 0 Å². The molecule has 1 fully saturated rings. The molecule has 4 rings (SSSR count). The maximum absolute atomic E-state index is 6.18. The maximum Gasteiger partial charge on any atom is 0.225 e. The maximum atomic E-state index is 6.18. The number of nitrogens with zero attached hydrogens (tertiary/aromatic N) is 4. The summed E-state index contributed by atoms with van der Waals surface area (Å²) in [6.45, 7) is 8.15. The predicted octanol–water partition coefficient (Wildman–Crippen LogP) is 4.54. The van der Waals surface area contributed by atoms with E-state index in [2.05, 4.69) is 63.9 Å². The average Bonchev–Trinajstić information content (AvgIpc) is 3.04. The molecule has 0 bridgehead atoms. The van der Waals surface area contributed by atoms with E-state index in [0.717, 1.165) is 48.6 Å². The van der Waals surface area contributed by atoms with Crippen LogP contribution in [-0.4, -0.2) is 36.1 Å². The van der Waals surface area contributed by atoms with Crippen molar-refractivity contribution in [2.24, 2.45) is 0 Å². The minimum absolute atomic E-state index is 0.341. The van der Waals surface area contributed by atoms with Gasteiger partial charge in [0.1, 0.15) is 10.6 Å². The highest BCUT2D eigenvalue weighted by Gasteiger charge is 2.22. The van der Waals surface area contributed by atoms with Crippen LogP contribution in [-0.2, 0) is 6.42 Å². The molecule has 0 aliphatic carbocycles. The smallest absolute Gasteiger partial charge is 0.225 e. The Kier molecular flexibility index (Phi) is 4.52. The molecule has 0 radical (unpaired) electrons. The lowest BCUT2D eigenvalue weighted by Gasteiger charge is -2.37. The second-order valence-electron chi connectivity index (χ2n) is 6.41. The van der Waals surface area contributed by atoms with Crippen LogP contribution in [0.2, 0.25) is 5.28 Å². The molecule has 2 aromatic heterocycles. The van der Waals surface area contributed by atoms with E-state index in [1.54, 1.807) is 11.3 Å². The van der Waals surface area contributed by atoms with Gasteiger partial charge in [0.05, 0.1) is 5.39 Å². The fourth-order valence-corrected chi connectivity index (χ4v) is 4.52. The average molecular weight is 373 g/mol. The van der Waals surface area contributed by atoms with Crippen molar-refractivity contribution in [2.75, 3.05) is 36.0 Å². The molecule has 1 aromatic carbocycles. The summed E-state index contributed by atoms with van der Waals surface area (Å²) >= 11 is 7.90. The van der Waals surface area contributed by atoms with Crippen molar-refractivity contribution in [1.29, 1.82) is 0 Å². The SMILES string of the molecule is CCc1cc2c(N3CCN(c4cccc(C)c4)CC3)nc(Cl)nc2s1. The fraction of sp³-hybridized carbons (Fsp3) is 0.368. The zero-order chi connectivity index (χ0) is 17.4. The van der Waals surface area contributed by atoms with Crippen molar-refractivity contribution in [1.82, 2.24) is 9.97 Å². The summed E-state index contributed by atoms with van der Waals surface area (Å²) in [6.07, 6.45) is 1.01. The third kappa shape index (κ3) is 3.31. The number of thiophene rings is 1. The molecule has 0 saturated carbocycles. The van der Waals surface area contributed by atoms with Gasteiger partial charge in [-0.05, 0) is 48.7 Å². The van der Waals surface area contributed by atoms with E-state index in [-0.39, 0.29) is 0 Å². The topological polar surface area (TPSA) is 32.3 Å². The van der Waals surface area contributed by atoms with Crippen molar-refractivity contribution < 1.29 is 0 Å². The minimum atomic E-state index is 0.341. The van der Waals surface area contributed by atoms with Crippen LogP contribution in [0, 0.1) is 6.92 Å². The van der Waals surface area contributed by atoms with Gasteiger partial charge in [0.2, 0.25) is 5.28 Å². The lowest BCUT2D eigenvalue weighted by molar-refractivity contribution is 0.649. The molecular formula is C19H21ClN4S. The predicted molar refractivity (Wildman–Crippen MR) is 107 cm³/mol. The van der Waals surface area contributed by atoms with Crippen molar-refractivity contribution in [2.45, 2.75) is 20.3 Å². The molecule has 0 atom stereocenters. The minimum Gasteiger partial charge on any atom is -0.368 e. The summed E-state index contributed by atoms with van der Waals surface area (Å²) < 4.78 is 0. The van der Waals surface area contributed by atoms with Crippen molar-refractivity contribution in [3.63, 3.8) is 0 Å². The van der Waals surface area contributed by atoms with Gasteiger partial charge >= 0.3 is 0 Å². The third-order valence-electron chi connectivity index (χ3n) is 4.69. The third-order valence-corrected chi connectivity index (χ3v) is 6.03. The Hall–Kier alpha value is -1.85. The molecule has 1 aliphatic heterocycles. The first-order valence-electron chi connectivity index (χ1n) is 8.66. The molecule has 6 heteroatoms. The summed E-state index contributed by atoms with van der Waals surface area (Å²) in [6, 6.07) is 10.9. The van der Waals surface area contributed by atoms with Crippen LogP contribution in [0.15, 0.2) is 30.3 Å². The first kappa shape index (κ1) is 16.6. The van der Waals surface area contributed by atoms with Gasteiger partial charge in [-0.15, -0.1) is 11.3 Å². The highest BCUT2D eigenvalue weighted by Crippen LogP contribution is 2.33. The van der Waals surface area contributed by atoms with E-state index in [0.29, 0.717) is 5.28 Å². The standard InChI is InChI=1S/C19H21ClN4S/c1-3-15-12-16-17(21-19(20)22-18(16)25-15)24-9-7-23(8-10-24)14-6-4-5-13(2)11-14/h4-6,11-12H,3,7-10H2,1-2H3. The second kappa shape index (κ2) is 6.81. The van der Waals surface area contributed by atoms with E-state index < -0.39 is 0 Å². The van der Waals surface area contributed by atoms with Gasteiger partial charge < -0.3 is 9.80 Å². The molecule has 3 heterocycles. The van der Waals surface area contributed by atoms with E-state index in [9.17, 15) is 0 Å². The number of hydrogen-bond acceptors (Lipinski definition) is 5. The Bertz CT molecular complexity index is 900. The highest BCUT2D eigenvalue weighted by atomic mass is 35.5. The fourth-order valence-electron chi connectivity index (χ4n) is 3.35. The van der Waals surface area contributed by atoms with Crippen LogP contribution in [0.4, 0.5) is 11.5 Å². The number of anilines is 2. The number of hydrogen-bond donors (Lipinski definition) is 0. The van der Waals surface area contributed by atoms with E-state index >= 15 is 0 Å². The Morgan fingerprint density at radius 1 is 1.08 bits per heavy atom. The first-order valence-corrected chi connectivity index (χ1v) is 9.86. The summed E-state index contributed by atoms with van der Waals surface area (Å²) in [5.74, 6) is 0.981. The van der Waals surface area contributed by atoms with Crippen LogP contribution >= 0.6 is 22.9 Å². The summed E-state index contributed by atoms with van der Waals surface area (Å²) in [4.78, 5) is 16.1. The molecule has 0 unspecified atom stereocenters. The van der Waals surface area contributed by atoms with Crippen LogP contribution in [0.5, 0.6) is 0 Å². The molecule has 3 aromatic rings. The number of rotatable bonds is 3. The van der Waals surface area contributed by atoms with E-state index in [4.69, 9.17) is 11.6 Å². The molecule has 130 valence electrons. The Morgan fingerprint density at radius 3 is 2.56 bits per heavy atom. The van der Waals surface area contributed by atoms with Gasteiger partial charge in [-0.25, -0.2) is 4.98 Å². The van der Waals surface area contributed by atoms with Crippen molar-refractivity contribution in [3.05, 3.63) is 46.1 Å². The number of benzene rings is 1. The molecule has 0 spiro atoms. The van der Waals surface area contributed by atoms with Crippen molar-refractivity contribution in [3.8, 4) is 0 Å². The molecule has 0 N–H and O–H groups in total. The van der Waals surface area contributed by atoms with Crippen LogP contribution < -0.4 is 9.80 Å². The first-order chi connectivity index (χ1) is 12.1. The summed E-state index contributed by atoms with van der Waals surface area (Å²) in [5, 5.41) is 1.48. The van der Waals surface area contributed by atoms with Gasteiger partial charge in [-0.2, -0.15) is 4.98 Å². The summed E-state index contributed by atoms with van der Waals surface area (Å²) in [5.41, 5.74) is 2.60. The monoisotopic (exact) mass is 372 g/mol. The quantitative estimate of drug-likeness (QED) is 0.632. The molecular weight excluding hydrogens is 352 g/mol. The summed E-state index contributed by atoms with van der Waals surface area (Å²) in [7, 11) is 0. The van der Waals surface area contributed by atoms with E-state index in [1.807, 2.05) is 0 Å². The normalized spacial score (nSPS) is 15.2. The molecule has 25 heavy (non-hydrogen) atoms. The Balaban J connectivity index is 1.58. The van der Waals surface area contributed by atoms with Gasteiger partial charge in [0, 0.05) is 36.7 Å². The Labute approximate surface area is 157 Å². The zero-order valence-electron chi connectivity index (χ0n) is 14.5. The number of aromatic nitrogens is 2. The van der Waals surface area contributed by atoms with Gasteiger partial charge in [0.25, 0.3) is 0 Å². The van der Waals surface area contributed by atoms with E-state index in [1.165, 1.54) is 16.1 Å². The van der Waals surface area contributed by atoms with Crippen LogP contribution in [0.3, 0.4) is 0 Å². The Morgan fingerprint density at radius 2 is 1.84 bits per heavy atom. The number of halogens is 1. The second-order valence-corrected chi connectivity index (χ2v) is 7.87. The number of piperazine rings is 1. The molecule has 4 nitrogen and oxygen atoms in total. The lowest BCUT2D eigenvalue weighted by atomic mass is 10.2. The number of fused-ring (bicyclic) bond motifs is 1. The van der Waals surface area contributed by atoms with Crippen molar-refractivity contribution >= 4 is 44.7 Å². The van der Waals surface area contributed by atoms with Crippen LogP contribution in [0.25, 0.3) is 10.2 Å². The molecule has 1 aliphatic rings. The van der Waals surface area contributed by atoms with Crippen LogP contribution in [0.1, 0.15) is 17.4 Å². The van der Waals surface area contributed by atoms with Gasteiger partial charge in [-0.1, -0.05) is 19.1 Å². The molecule has 1 saturated heterocycles. The number of aryl methyl sites for hydroxylation is 2. The van der Waals surface area contributed by atoms with Gasteiger partial charge in [0.15, 0.2) is 0 Å². The highest BCUT2D eigenvalue weighted by molar-refractivity contribution is 7.18. The molecule has 0 amide bonds. The zero-order valence-corrected chi connectivity index (χ0v) is 16.1. The largest absolute Gasteiger partial charge is 0.368 e. The lowest BCUT2D eigenvalue weighted by Crippen LogP contribution is -2.47.